The van der Waals surface area contributed by atoms with Crippen molar-refractivity contribution < 1.29 is 4.79 Å². The number of piperazine rings is 1. The van der Waals surface area contributed by atoms with Crippen molar-refractivity contribution >= 4 is 28.8 Å². The van der Waals surface area contributed by atoms with Crippen LogP contribution in [0.3, 0.4) is 0 Å². The molecule has 0 unspecified atom stereocenters. The Balaban J connectivity index is 1.37. The molecular weight excluding hydrogens is 408 g/mol. The molecular formula is C23H26N6OS. The summed E-state index contributed by atoms with van der Waals surface area (Å²) < 4.78 is 0. The first-order valence-corrected chi connectivity index (χ1v) is 11.6. The van der Waals surface area contributed by atoms with Crippen LogP contribution in [0.25, 0.3) is 10.6 Å². The number of hydrogen-bond acceptors (Lipinski definition) is 8. The molecule has 1 aromatic carbocycles. The Labute approximate surface area is 186 Å². The van der Waals surface area contributed by atoms with E-state index in [1.807, 2.05) is 30.5 Å². The predicted molar refractivity (Wildman–Crippen MR) is 123 cm³/mol. The number of aromatic nitrogens is 3. The van der Waals surface area contributed by atoms with Gasteiger partial charge in [0, 0.05) is 44.5 Å². The van der Waals surface area contributed by atoms with E-state index in [1.165, 1.54) is 15.4 Å². The molecule has 7 nitrogen and oxygen atoms in total. The fraction of sp³-hybridized carbons (Fsp3) is 0.391. The molecule has 3 aromatic rings. The summed E-state index contributed by atoms with van der Waals surface area (Å²) in [6.45, 7) is 6.75. The maximum atomic E-state index is 11.4. The van der Waals surface area contributed by atoms with Gasteiger partial charge in [0.05, 0.1) is 22.8 Å². The van der Waals surface area contributed by atoms with Gasteiger partial charge in [-0.25, -0.2) is 15.0 Å². The highest BCUT2D eigenvalue weighted by molar-refractivity contribution is 7.15. The van der Waals surface area contributed by atoms with Gasteiger partial charge in [-0.05, 0) is 43.0 Å². The van der Waals surface area contributed by atoms with Crippen molar-refractivity contribution in [3.05, 3.63) is 52.3 Å². The van der Waals surface area contributed by atoms with Crippen LogP contribution in [-0.2, 0) is 30.6 Å². The van der Waals surface area contributed by atoms with E-state index in [-0.39, 0.29) is 5.78 Å². The van der Waals surface area contributed by atoms with Crippen LogP contribution in [-0.4, -0.2) is 51.8 Å². The SMILES string of the molecule is CC(=O)Cc1cccc(Nc2ncc3c(n2)-c2sc(CN4CCNCC4)nc2CC3)c1. The third-order valence-electron chi connectivity index (χ3n) is 5.66. The zero-order valence-electron chi connectivity index (χ0n) is 17.6. The first-order chi connectivity index (χ1) is 15.1. The molecule has 0 bridgehead atoms. The molecule has 31 heavy (non-hydrogen) atoms. The fourth-order valence-electron chi connectivity index (χ4n) is 4.16. The quantitative estimate of drug-likeness (QED) is 0.617. The van der Waals surface area contributed by atoms with Crippen LogP contribution in [0.15, 0.2) is 30.5 Å². The number of fused-ring (bicyclic) bond motifs is 3. The molecule has 1 aliphatic heterocycles. The summed E-state index contributed by atoms with van der Waals surface area (Å²) >= 11 is 1.77. The number of aryl methyl sites for hydroxylation is 2. The van der Waals surface area contributed by atoms with Crippen LogP contribution in [0.2, 0.25) is 0 Å². The molecule has 8 heteroatoms. The van der Waals surface area contributed by atoms with Crippen LogP contribution in [0.4, 0.5) is 11.6 Å². The maximum Gasteiger partial charge on any atom is 0.227 e. The van der Waals surface area contributed by atoms with E-state index in [9.17, 15) is 4.79 Å². The van der Waals surface area contributed by atoms with E-state index in [0.717, 1.165) is 68.2 Å². The van der Waals surface area contributed by atoms with Crippen molar-refractivity contribution in [2.24, 2.45) is 0 Å². The van der Waals surface area contributed by atoms with Crippen LogP contribution in [0, 0.1) is 0 Å². The molecule has 0 amide bonds. The Morgan fingerprint density at radius 2 is 2.10 bits per heavy atom. The lowest BCUT2D eigenvalue weighted by molar-refractivity contribution is -0.116. The number of rotatable bonds is 6. The van der Waals surface area contributed by atoms with Gasteiger partial charge in [0.25, 0.3) is 0 Å². The van der Waals surface area contributed by atoms with Crippen molar-refractivity contribution in [2.45, 2.75) is 32.7 Å². The van der Waals surface area contributed by atoms with E-state index in [0.29, 0.717) is 12.4 Å². The van der Waals surface area contributed by atoms with Crippen molar-refractivity contribution in [1.29, 1.82) is 0 Å². The summed E-state index contributed by atoms with van der Waals surface area (Å²) in [5.41, 5.74) is 5.22. The molecule has 2 aromatic heterocycles. The lowest BCUT2D eigenvalue weighted by Gasteiger charge is -2.26. The Bertz CT molecular complexity index is 1110. The molecule has 3 heterocycles. The maximum absolute atomic E-state index is 11.4. The summed E-state index contributed by atoms with van der Waals surface area (Å²) in [6, 6.07) is 7.86. The van der Waals surface area contributed by atoms with Gasteiger partial charge in [0.1, 0.15) is 10.8 Å². The van der Waals surface area contributed by atoms with Gasteiger partial charge in [0.15, 0.2) is 0 Å². The van der Waals surface area contributed by atoms with E-state index in [4.69, 9.17) is 9.97 Å². The number of thiazole rings is 1. The number of hydrogen-bond donors (Lipinski definition) is 2. The molecule has 0 radical (unpaired) electrons. The number of ketones is 1. The first-order valence-electron chi connectivity index (χ1n) is 10.8. The number of anilines is 2. The van der Waals surface area contributed by atoms with Gasteiger partial charge in [-0.15, -0.1) is 11.3 Å². The third kappa shape index (κ3) is 4.66. The second-order valence-electron chi connectivity index (χ2n) is 8.18. The molecule has 2 aliphatic rings. The Hall–Kier alpha value is -2.68. The Morgan fingerprint density at radius 3 is 2.94 bits per heavy atom. The number of nitrogens with one attached hydrogen (secondary N) is 2. The van der Waals surface area contributed by atoms with Crippen LogP contribution in [0.5, 0.6) is 0 Å². The monoisotopic (exact) mass is 434 g/mol. The van der Waals surface area contributed by atoms with Crippen LogP contribution < -0.4 is 10.6 Å². The van der Waals surface area contributed by atoms with Gasteiger partial charge in [-0.3, -0.25) is 9.69 Å². The number of carbonyl (C=O) groups is 1. The van der Waals surface area contributed by atoms with Crippen LogP contribution in [0.1, 0.15) is 28.8 Å². The minimum atomic E-state index is 0.150. The predicted octanol–water partition coefficient (Wildman–Crippen LogP) is 2.98. The highest BCUT2D eigenvalue weighted by atomic mass is 32.1. The molecule has 0 saturated carbocycles. The zero-order valence-corrected chi connectivity index (χ0v) is 18.5. The zero-order chi connectivity index (χ0) is 21.2. The minimum Gasteiger partial charge on any atom is -0.324 e. The second-order valence-corrected chi connectivity index (χ2v) is 9.26. The highest BCUT2D eigenvalue weighted by Gasteiger charge is 2.24. The van der Waals surface area contributed by atoms with E-state index < -0.39 is 0 Å². The van der Waals surface area contributed by atoms with Crippen molar-refractivity contribution in [2.75, 3.05) is 31.5 Å². The van der Waals surface area contributed by atoms with Gasteiger partial charge in [0.2, 0.25) is 5.95 Å². The Morgan fingerprint density at radius 1 is 1.23 bits per heavy atom. The van der Waals surface area contributed by atoms with Crippen molar-refractivity contribution in [3.63, 3.8) is 0 Å². The topological polar surface area (TPSA) is 83.0 Å². The number of Topliss-reactive ketones (excluding diaryl/α,β-unsaturated/α-hetero) is 1. The summed E-state index contributed by atoms with van der Waals surface area (Å²) in [5, 5.41) is 7.88. The second kappa shape index (κ2) is 8.82. The van der Waals surface area contributed by atoms with E-state index >= 15 is 0 Å². The van der Waals surface area contributed by atoms with E-state index in [2.05, 4.69) is 20.5 Å². The molecule has 0 spiro atoms. The lowest BCUT2D eigenvalue weighted by Crippen LogP contribution is -2.42. The summed E-state index contributed by atoms with van der Waals surface area (Å²) in [4.78, 5) is 29.4. The minimum absolute atomic E-state index is 0.150. The van der Waals surface area contributed by atoms with Gasteiger partial charge >= 0.3 is 0 Å². The summed E-state index contributed by atoms with van der Waals surface area (Å²) in [7, 11) is 0. The first kappa shape index (κ1) is 20.2. The van der Waals surface area contributed by atoms with Gasteiger partial charge in [-0.1, -0.05) is 12.1 Å². The normalized spacial score (nSPS) is 15.9. The number of carbonyl (C=O) groups excluding carboxylic acids is 1. The lowest BCUT2D eigenvalue weighted by atomic mass is 10.00. The van der Waals surface area contributed by atoms with E-state index in [1.54, 1.807) is 18.3 Å². The van der Waals surface area contributed by atoms with Crippen molar-refractivity contribution in [1.82, 2.24) is 25.2 Å². The van der Waals surface area contributed by atoms with Crippen LogP contribution >= 0.6 is 11.3 Å². The molecule has 2 N–H and O–H groups in total. The highest BCUT2D eigenvalue weighted by Crippen LogP contribution is 2.37. The van der Waals surface area contributed by atoms with Crippen molar-refractivity contribution in [3.8, 4) is 10.6 Å². The number of benzene rings is 1. The standard InChI is InChI=1S/C23H26N6OS/c1-15(30)11-16-3-2-4-18(12-16)26-23-25-13-17-5-6-19-22(21(17)28-23)31-20(27-19)14-29-9-7-24-8-10-29/h2-4,12-13,24H,5-11,14H2,1H3,(H,25,26,28). The molecule has 0 atom stereocenters. The smallest absolute Gasteiger partial charge is 0.227 e. The number of nitrogens with zero attached hydrogens (tertiary/aromatic N) is 4. The largest absolute Gasteiger partial charge is 0.324 e. The molecule has 1 fully saturated rings. The third-order valence-corrected chi connectivity index (χ3v) is 6.75. The molecule has 1 saturated heterocycles. The van der Waals surface area contributed by atoms with Gasteiger partial charge < -0.3 is 10.6 Å². The average Bonchev–Trinajstić information content (AvgIpc) is 3.17. The molecule has 160 valence electrons. The molecule has 5 rings (SSSR count). The average molecular weight is 435 g/mol. The fourth-order valence-corrected chi connectivity index (χ4v) is 5.34. The summed E-state index contributed by atoms with van der Waals surface area (Å²) in [5.74, 6) is 0.722. The molecule has 1 aliphatic carbocycles. The summed E-state index contributed by atoms with van der Waals surface area (Å²) in [6.07, 6.45) is 4.24. The van der Waals surface area contributed by atoms with Gasteiger partial charge in [-0.2, -0.15) is 0 Å². The Kier molecular flexibility index (Phi) is 5.76.